The zero-order valence-corrected chi connectivity index (χ0v) is 19.1. The molecule has 0 aliphatic heterocycles. The van der Waals surface area contributed by atoms with E-state index in [2.05, 4.69) is 22.5 Å². The number of ether oxygens (including phenoxy) is 1. The maximum absolute atomic E-state index is 12.4. The number of benzene rings is 1. The van der Waals surface area contributed by atoms with Gasteiger partial charge in [-0.3, -0.25) is 4.79 Å². The molecule has 0 spiro atoms. The monoisotopic (exact) mass is 416 g/mol. The van der Waals surface area contributed by atoms with Crippen molar-refractivity contribution >= 4 is 11.9 Å². The van der Waals surface area contributed by atoms with Crippen molar-refractivity contribution in [2.75, 3.05) is 32.8 Å². The summed E-state index contributed by atoms with van der Waals surface area (Å²) in [6.45, 7) is 10.6. The molecule has 1 fully saturated rings. The largest absolute Gasteiger partial charge is 0.378 e. The first-order chi connectivity index (χ1) is 14.7. The normalized spacial score (nSPS) is 15.1. The fourth-order valence-corrected chi connectivity index (χ4v) is 3.72. The minimum absolute atomic E-state index is 0.0838. The highest BCUT2D eigenvalue weighted by Crippen LogP contribution is 2.20. The summed E-state index contributed by atoms with van der Waals surface area (Å²) in [5, 5.41) is 6.68. The summed E-state index contributed by atoms with van der Waals surface area (Å²) in [5.74, 6) is 0.902. The molecule has 0 radical (unpaired) electrons. The van der Waals surface area contributed by atoms with Crippen LogP contribution in [0.5, 0.6) is 0 Å². The summed E-state index contributed by atoms with van der Waals surface area (Å²) >= 11 is 0. The van der Waals surface area contributed by atoms with Gasteiger partial charge in [-0.1, -0.05) is 31.4 Å². The highest BCUT2D eigenvalue weighted by atomic mass is 16.5. The number of carbonyl (C=O) groups is 1. The maximum atomic E-state index is 12.4. The van der Waals surface area contributed by atoms with Gasteiger partial charge in [-0.2, -0.15) is 0 Å². The molecule has 1 aliphatic rings. The van der Waals surface area contributed by atoms with Crippen molar-refractivity contribution < 1.29 is 9.53 Å². The van der Waals surface area contributed by atoms with Gasteiger partial charge in [0.05, 0.1) is 12.6 Å². The molecule has 0 unspecified atom stereocenters. The number of nitrogens with one attached hydrogen (secondary N) is 2. The van der Waals surface area contributed by atoms with Crippen LogP contribution in [-0.2, 0) is 11.3 Å². The van der Waals surface area contributed by atoms with Gasteiger partial charge in [-0.15, -0.1) is 0 Å². The third-order valence-electron chi connectivity index (χ3n) is 5.53. The first kappa shape index (κ1) is 24.2. The SMILES string of the molecule is CCNC(=NCc1ccc(C(=O)N(CC)CC)cc1)NCCCOC1CCCCC1. The van der Waals surface area contributed by atoms with Crippen LogP contribution in [0.1, 0.15) is 75.2 Å². The van der Waals surface area contributed by atoms with Gasteiger partial charge in [-0.05, 0) is 57.7 Å². The minimum Gasteiger partial charge on any atom is -0.378 e. The summed E-state index contributed by atoms with van der Waals surface area (Å²) in [6.07, 6.45) is 7.86. The van der Waals surface area contributed by atoms with Crippen LogP contribution in [-0.4, -0.2) is 55.7 Å². The molecule has 2 N–H and O–H groups in total. The fraction of sp³-hybridized carbons (Fsp3) is 0.667. The Morgan fingerprint density at radius 3 is 2.40 bits per heavy atom. The smallest absolute Gasteiger partial charge is 0.253 e. The Balaban J connectivity index is 1.76. The number of hydrogen-bond acceptors (Lipinski definition) is 3. The summed E-state index contributed by atoms with van der Waals surface area (Å²) in [4.78, 5) is 18.9. The van der Waals surface area contributed by atoms with E-state index in [1.54, 1.807) is 0 Å². The second-order valence-corrected chi connectivity index (χ2v) is 7.78. The third kappa shape index (κ3) is 8.34. The highest BCUT2D eigenvalue weighted by molar-refractivity contribution is 5.94. The summed E-state index contributed by atoms with van der Waals surface area (Å²) < 4.78 is 5.99. The van der Waals surface area contributed by atoms with E-state index >= 15 is 0 Å². The predicted molar refractivity (Wildman–Crippen MR) is 124 cm³/mol. The molecule has 6 heteroatoms. The highest BCUT2D eigenvalue weighted by Gasteiger charge is 2.13. The number of rotatable bonds is 11. The second kappa shape index (κ2) is 14.0. The Morgan fingerprint density at radius 2 is 1.77 bits per heavy atom. The molecule has 6 nitrogen and oxygen atoms in total. The van der Waals surface area contributed by atoms with Gasteiger partial charge in [0.15, 0.2) is 5.96 Å². The van der Waals surface area contributed by atoms with Crippen molar-refractivity contribution in [3.05, 3.63) is 35.4 Å². The molecule has 0 aromatic heterocycles. The van der Waals surface area contributed by atoms with E-state index in [9.17, 15) is 4.79 Å². The Morgan fingerprint density at radius 1 is 1.07 bits per heavy atom. The quantitative estimate of drug-likeness (QED) is 0.325. The van der Waals surface area contributed by atoms with Crippen LogP contribution in [0.4, 0.5) is 0 Å². The van der Waals surface area contributed by atoms with Crippen molar-refractivity contribution in [2.24, 2.45) is 4.99 Å². The second-order valence-electron chi connectivity index (χ2n) is 7.78. The molecule has 1 aliphatic carbocycles. The van der Waals surface area contributed by atoms with Gasteiger partial charge in [-0.25, -0.2) is 4.99 Å². The van der Waals surface area contributed by atoms with E-state index in [1.165, 1.54) is 32.1 Å². The molecule has 2 rings (SSSR count). The molecule has 0 bridgehead atoms. The zero-order chi connectivity index (χ0) is 21.6. The molecule has 30 heavy (non-hydrogen) atoms. The molecule has 0 heterocycles. The van der Waals surface area contributed by atoms with E-state index in [-0.39, 0.29) is 5.91 Å². The van der Waals surface area contributed by atoms with Crippen molar-refractivity contribution in [1.82, 2.24) is 15.5 Å². The molecule has 0 saturated heterocycles. The number of amides is 1. The van der Waals surface area contributed by atoms with Crippen LogP contribution in [0, 0.1) is 0 Å². The number of hydrogen-bond donors (Lipinski definition) is 2. The molecule has 1 saturated carbocycles. The van der Waals surface area contributed by atoms with E-state index in [0.717, 1.165) is 56.3 Å². The number of aliphatic imine (C=N–C) groups is 1. The van der Waals surface area contributed by atoms with E-state index in [4.69, 9.17) is 4.74 Å². The van der Waals surface area contributed by atoms with Crippen LogP contribution in [0.2, 0.25) is 0 Å². The van der Waals surface area contributed by atoms with Crippen molar-refractivity contribution in [3.8, 4) is 0 Å². The molecular formula is C24H40N4O2. The van der Waals surface area contributed by atoms with Gasteiger partial charge in [0.1, 0.15) is 0 Å². The standard InChI is InChI=1S/C24H40N4O2/c1-4-25-24(26-17-10-18-30-22-11-8-7-9-12-22)27-19-20-13-15-21(16-14-20)23(29)28(5-2)6-3/h13-16,22H,4-12,17-19H2,1-3H3,(H2,25,26,27). The first-order valence-corrected chi connectivity index (χ1v) is 11.7. The average molecular weight is 417 g/mol. The summed E-state index contributed by atoms with van der Waals surface area (Å²) in [6, 6.07) is 7.77. The fourth-order valence-electron chi connectivity index (χ4n) is 3.72. The lowest BCUT2D eigenvalue weighted by Crippen LogP contribution is -2.38. The van der Waals surface area contributed by atoms with Gasteiger partial charge < -0.3 is 20.3 Å². The third-order valence-corrected chi connectivity index (χ3v) is 5.53. The van der Waals surface area contributed by atoms with Gasteiger partial charge in [0, 0.05) is 38.3 Å². The predicted octanol–water partition coefficient (Wildman–Crippen LogP) is 3.96. The lowest BCUT2D eigenvalue weighted by atomic mass is 9.98. The van der Waals surface area contributed by atoms with E-state index in [1.807, 2.05) is 43.0 Å². The van der Waals surface area contributed by atoms with Crippen LogP contribution in [0.25, 0.3) is 0 Å². The summed E-state index contributed by atoms with van der Waals surface area (Å²) in [7, 11) is 0. The van der Waals surface area contributed by atoms with Crippen molar-refractivity contribution in [1.29, 1.82) is 0 Å². The lowest BCUT2D eigenvalue weighted by Gasteiger charge is -2.22. The lowest BCUT2D eigenvalue weighted by molar-refractivity contribution is 0.0277. The Hall–Kier alpha value is -2.08. The average Bonchev–Trinajstić information content (AvgIpc) is 2.79. The Bertz CT molecular complexity index is 635. The molecule has 168 valence electrons. The van der Waals surface area contributed by atoms with Gasteiger partial charge in [0.25, 0.3) is 5.91 Å². The molecule has 1 aromatic carbocycles. The molecule has 1 aromatic rings. The molecule has 1 amide bonds. The van der Waals surface area contributed by atoms with Crippen molar-refractivity contribution in [2.45, 2.75) is 71.9 Å². The molecule has 0 atom stereocenters. The topological polar surface area (TPSA) is 66.0 Å². The van der Waals surface area contributed by atoms with Crippen LogP contribution in [0.3, 0.4) is 0 Å². The van der Waals surface area contributed by atoms with Crippen LogP contribution >= 0.6 is 0 Å². The number of carbonyl (C=O) groups excluding carboxylic acids is 1. The first-order valence-electron chi connectivity index (χ1n) is 11.7. The Kier molecular flexibility index (Phi) is 11.3. The number of nitrogens with zero attached hydrogens (tertiary/aromatic N) is 2. The van der Waals surface area contributed by atoms with Gasteiger partial charge >= 0.3 is 0 Å². The summed E-state index contributed by atoms with van der Waals surface area (Å²) in [5.41, 5.74) is 1.82. The number of guanidine groups is 1. The molecular weight excluding hydrogens is 376 g/mol. The van der Waals surface area contributed by atoms with Gasteiger partial charge in [0.2, 0.25) is 0 Å². The maximum Gasteiger partial charge on any atom is 0.253 e. The Labute approximate surface area is 182 Å². The van der Waals surface area contributed by atoms with Crippen LogP contribution in [0.15, 0.2) is 29.3 Å². The van der Waals surface area contributed by atoms with E-state index < -0.39 is 0 Å². The van der Waals surface area contributed by atoms with Crippen molar-refractivity contribution in [3.63, 3.8) is 0 Å². The minimum atomic E-state index is 0.0838. The zero-order valence-electron chi connectivity index (χ0n) is 19.1. The van der Waals surface area contributed by atoms with E-state index in [0.29, 0.717) is 12.6 Å². The van der Waals surface area contributed by atoms with Crippen LogP contribution < -0.4 is 10.6 Å².